The number of methoxy groups -OCH3 is 1. The lowest BCUT2D eigenvalue weighted by atomic mass is 10.1. The fraction of sp³-hybridized carbons (Fsp3) is 0.417. The lowest BCUT2D eigenvalue weighted by Crippen LogP contribution is -2.24. The van der Waals surface area contributed by atoms with Gasteiger partial charge in [0.2, 0.25) is 0 Å². The van der Waals surface area contributed by atoms with Gasteiger partial charge in [-0.25, -0.2) is 0 Å². The topological polar surface area (TPSA) is 102 Å². The Kier molecular flexibility index (Phi) is 3.28. The summed E-state index contributed by atoms with van der Waals surface area (Å²) in [6.45, 7) is 0.177. The summed E-state index contributed by atoms with van der Waals surface area (Å²) in [5.41, 5.74) is -0.601. The third-order valence-electron chi connectivity index (χ3n) is 3.32. The van der Waals surface area contributed by atoms with Gasteiger partial charge in [0.05, 0.1) is 17.4 Å². The summed E-state index contributed by atoms with van der Waals surface area (Å²) in [7, 11) is 1.46. The molecule has 0 aliphatic heterocycles. The number of carbonyl (C=O) groups is 1. The van der Waals surface area contributed by atoms with Crippen molar-refractivity contribution in [3.05, 3.63) is 28.3 Å². The molecule has 0 aromatic heterocycles. The van der Waals surface area contributed by atoms with Crippen molar-refractivity contribution in [1.29, 1.82) is 0 Å². The van der Waals surface area contributed by atoms with Crippen molar-refractivity contribution < 1.29 is 19.6 Å². The first-order chi connectivity index (χ1) is 8.98. The molecule has 7 nitrogen and oxygen atoms in total. The number of benzene rings is 1. The van der Waals surface area contributed by atoms with Crippen LogP contribution in [0.2, 0.25) is 0 Å². The minimum atomic E-state index is -0.870. The van der Waals surface area contributed by atoms with E-state index in [4.69, 9.17) is 9.84 Å². The molecule has 1 aliphatic carbocycles. The Labute approximate surface area is 109 Å². The standard InChI is InChI=1S/C12H14N2O5/c1-19-8-2-3-10(14(17)18)9(6-8)13-7-12(4-5-12)11(15)16/h2-3,6,13H,4-5,7H2,1H3,(H,15,16). The van der Waals surface area contributed by atoms with Gasteiger partial charge in [-0.3, -0.25) is 14.9 Å². The van der Waals surface area contributed by atoms with Crippen molar-refractivity contribution in [2.24, 2.45) is 5.41 Å². The van der Waals surface area contributed by atoms with E-state index in [-0.39, 0.29) is 17.9 Å². The normalized spacial score (nSPS) is 15.6. The van der Waals surface area contributed by atoms with Crippen LogP contribution in [0.1, 0.15) is 12.8 Å². The number of hydrogen-bond acceptors (Lipinski definition) is 5. The molecule has 1 aromatic rings. The number of nitro benzene ring substituents is 1. The summed E-state index contributed by atoms with van der Waals surface area (Å²) in [4.78, 5) is 21.4. The van der Waals surface area contributed by atoms with E-state index < -0.39 is 16.3 Å². The van der Waals surface area contributed by atoms with Crippen molar-refractivity contribution in [2.45, 2.75) is 12.8 Å². The maximum Gasteiger partial charge on any atom is 0.311 e. The molecule has 19 heavy (non-hydrogen) atoms. The Hall–Kier alpha value is -2.31. The van der Waals surface area contributed by atoms with Gasteiger partial charge in [-0.1, -0.05) is 0 Å². The van der Waals surface area contributed by atoms with E-state index in [1.165, 1.54) is 25.3 Å². The smallest absolute Gasteiger partial charge is 0.311 e. The molecule has 2 rings (SSSR count). The summed E-state index contributed by atoms with van der Waals surface area (Å²) in [6.07, 6.45) is 1.18. The van der Waals surface area contributed by atoms with Gasteiger partial charge in [0.25, 0.3) is 5.69 Å². The van der Waals surface area contributed by atoms with Gasteiger partial charge in [0.1, 0.15) is 11.4 Å². The van der Waals surface area contributed by atoms with Crippen LogP contribution in [0.25, 0.3) is 0 Å². The number of nitrogens with zero attached hydrogens (tertiary/aromatic N) is 1. The van der Waals surface area contributed by atoms with Crippen molar-refractivity contribution in [3.63, 3.8) is 0 Å². The number of nitro groups is 1. The monoisotopic (exact) mass is 266 g/mol. The number of hydrogen-bond donors (Lipinski definition) is 2. The molecule has 0 spiro atoms. The van der Waals surface area contributed by atoms with E-state index >= 15 is 0 Å². The highest BCUT2D eigenvalue weighted by Gasteiger charge is 2.50. The van der Waals surface area contributed by atoms with E-state index in [9.17, 15) is 14.9 Å². The van der Waals surface area contributed by atoms with Crippen LogP contribution in [0.15, 0.2) is 18.2 Å². The third kappa shape index (κ3) is 2.59. The summed E-state index contributed by atoms with van der Waals surface area (Å²) >= 11 is 0. The zero-order chi connectivity index (χ0) is 14.0. The molecule has 1 aliphatic rings. The molecule has 0 atom stereocenters. The van der Waals surface area contributed by atoms with Crippen molar-refractivity contribution in [1.82, 2.24) is 0 Å². The predicted octanol–water partition coefficient (Wildman–Crippen LogP) is 1.88. The maximum atomic E-state index is 11.0. The number of carboxylic acid groups (broad SMARTS) is 1. The zero-order valence-electron chi connectivity index (χ0n) is 10.4. The Morgan fingerprint density at radius 3 is 2.74 bits per heavy atom. The molecule has 0 amide bonds. The molecule has 1 aromatic carbocycles. The minimum Gasteiger partial charge on any atom is -0.497 e. The molecule has 102 valence electrons. The van der Waals surface area contributed by atoms with Gasteiger partial charge in [0.15, 0.2) is 0 Å². The van der Waals surface area contributed by atoms with Gasteiger partial charge in [-0.2, -0.15) is 0 Å². The number of rotatable bonds is 6. The van der Waals surface area contributed by atoms with E-state index in [1.54, 1.807) is 0 Å². The van der Waals surface area contributed by atoms with Gasteiger partial charge in [0, 0.05) is 18.7 Å². The van der Waals surface area contributed by atoms with Crippen molar-refractivity contribution >= 4 is 17.3 Å². The summed E-state index contributed by atoms with van der Waals surface area (Å²) in [5.74, 6) is -0.390. The molecular formula is C12H14N2O5. The molecule has 2 N–H and O–H groups in total. The number of aliphatic carboxylic acids is 1. The molecule has 0 saturated heterocycles. The number of anilines is 1. The molecule has 1 saturated carbocycles. The highest BCUT2D eigenvalue weighted by molar-refractivity contribution is 5.79. The van der Waals surface area contributed by atoms with Crippen LogP contribution in [0.5, 0.6) is 5.75 Å². The highest BCUT2D eigenvalue weighted by Crippen LogP contribution is 2.46. The van der Waals surface area contributed by atoms with Crippen LogP contribution >= 0.6 is 0 Å². The van der Waals surface area contributed by atoms with Crippen LogP contribution in [-0.2, 0) is 4.79 Å². The van der Waals surface area contributed by atoms with Crippen molar-refractivity contribution in [3.8, 4) is 5.75 Å². The average molecular weight is 266 g/mol. The lowest BCUT2D eigenvalue weighted by molar-refractivity contribution is -0.384. The molecule has 0 radical (unpaired) electrons. The predicted molar refractivity (Wildman–Crippen MR) is 67.4 cm³/mol. The molecule has 1 fully saturated rings. The van der Waals surface area contributed by atoms with Crippen LogP contribution in [0.3, 0.4) is 0 Å². The summed E-state index contributed by atoms with van der Waals surface area (Å²) < 4.78 is 5.01. The third-order valence-corrected chi connectivity index (χ3v) is 3.32. The fourth-order valence-corrected chi connectivity index (χ4v) is 1.82. The van der Waals surface area contributed by atoms with Crippen LogP contribution in [0.4, 0.5) is 11.4 Å². The molecule has 0 bridgehead atoms. The first-order valence-electron chi connectivity index (χ1n) is 5.78. The first kappa shape index (κ1) is 13.1. The maximum absolute atomic E-state index is 11.0. The van der Waals surface area contributed by atoms with Crippen LogP contribution in [0, 0.1) is 15.5 Å². The average Bonchev–Trinajstić information content (AvgIpc) is 3.17. The van der Waals surface area contributed by atoms with Crippen LogP contribution < -0.4 is 10.1 Å². The van der Waals surface area contributed by atoms with E-state index in [0.29, 0.717) is 18.6 Å². The van der Waals surface area contributed by atoms with Crippen LogP contribution in [-0.4, -0.2) is 29.7 Å². The second-order valence-corrected chi connectivity index (χ2v) is 4.58. The Morgan fingerprint density at radius 2 is 2.26 bits per heavy atom. The number of ether oxygens (including phenoxy) is 1. The van der Waals surface area contributed by atoms with Gasteiger partial charge in [-0.05, 0) is 18.9 Å². The molecular weight excluding hydrogens is 252 g/mol. The summed E-state index contributed by atoms with van der Waals surface area (Å²) in [6, 6.07) is 4.32. The Balaban J connectivity index is 2.18. The van der Waals surface area contributed by atoms with Gasteiger partial charge in [-0.15, -0.1) is 0 Å². The number of carboxylic acids is 1. The largest absolute Gasteiger partial charge is 0.497 e. The quantitative estimate of drug-likeness (QED) is 0.602. The highest BCUT2D eigenvalue weighted by atomic mass is 16.6. The lowest BCUT2D eigenvalue weighted by Gasteiger charge is -2.13. The van der Waals surface area contributed by atoms with E-state index in [2.05, 4.69) is 5.32 Å². The van der Waals surface area contributed by atoms with E-state index in [1.807, 2.05) is 0 Å². The minimum absolute atomic E-state index is 0.0954. The van der Waals surface area contributed by atoms with Gasteiger partial charge >= 0.3 is 5.97 Å². The van der Waals surface area contributed by atoms with E-state index in [0.717, 1.165) is 0 Å². The second kappa shape index (κ2) is 4.75. The zero-order valence-corrected chi connectivity index (χ0v) is 10.4. The van der Waals surface area contributed by atoms with Crippen molar-refractivity contribution in [2.75, 3.05) is 19.0 Å². The summed E-state index contributed by atoms with van der Waals surface area (Å²) in [5, 5.41) is 22.8. The Bertz CT molecular complexity index is 525. The fourth-order valence-electron chi connectivity index (χ4n) is 1.82. The second-order valence-electron chi connectivity index (χ2n) is 4.58. The SMILES string of the molecule is COc1ccc([N+](=O)[O-])c(NCC2(C(=O)O)CC2)c1. The molecule has 7 heteroatoms. The molecule has 0 heterocycles. The molecule has 0 unspecified atom stereocenters. The Morgan fingerprint density at radius 1 is 1.58 bits per heavy atom. The number of nitrogens with one attached hydrogen (secondary N) is 1. The first-order valence-corrected chi connectivity index (χ1v) is 5.78. The van der Waals surface area contributed by atoms with Gasteiger partial charge < -0.3 is 15.2 Å².